The van der Waals surface area contributed by atoms with Crippen LogP contribution in [0.1, 0.15) is 62.4 Å². The van der Waals surface area contributed by atoms with Gasteiger partial charge in [0.05, 0.1) is 0 Å². The van der Waals surface area contributed by atoms with Crippen LogP contribution in [0.4, 0.5) is 0 Å². The summed E-state index contributed by atoms with van der Waals surface area (Å²) in [5.74, 6) is 0. The number of aromatic nitrogens is 1. The van der Waals surface area contributed by atoms with Gasteiger partial charge in [0, 0.05) is 30.5 Å². The smallest absolute Gasteiger partial charge is 0.0432 e. The summed E-state index contributed by atoms with van der Waals surface area (Å²) in [6.07, 6.45) is 10.0. The molecule has 2 N–H and O–H groups in total. The van der Waals surface area contributed by atoms with Crippen LogP contribution in [0.25, 0.3) is 0 Å². The van der Waals surface area contributed by atoms with Crippen molar-refractivity contribution in [1.29, 1.82) is 0 Å². The van der Waals surface area contributed by atoms with Crippen LogP contribution in [0.5, 0.6) is 0 Å². The highest BCUT2D eigenvalue weighted by Crippen LogP contribution is 2.30. The third-order valence-electron chi connectivity index (χ3n) is 4.83. The molecule has 3 nitrogen and oxygen atoms in total. The minimum atomic E-state index is 0.271. The molecule has 0 spiro atoms. The first-order chi connectivity index (χ1) is 9.25. The van der Waals surface area contributed by atoms with Crippen molar-refractivity contribution in [3.8, 4) is 0 Å². The summed E-state index contributed by atoms with van der Waals surface area (Å²) in [7, 11) is 0. The lowest BCUT2D eigenvalue weighted by Gasteiger charge is -2.31. The molecule has 1 aromatic heterocycles. The summed E-state index contributed by atoms with van der Waals surface area (Å²) >= 11 is 0. The van der Waals surface area contributed by atoms with E-state index in [1.165, 1.54) is 63.0 Å². The van der Waals surface area contributed by atoms with Gasteiger partial charge in [-0.2, -0.15) is 0 Å². The van der Waals surface area contributed by atoms with Crippen LogP contribution in [0.2, 0.25) is 0 Å². The highest BCUT2D eigenvalue weighted by Gasteiger charge is 2.23. The highest BCUT2D eigenvalue weighted by atomic mass is 15.2. The van der Waals surface area contributed by atoms with Crippen LogP contribution < -0.4 is 5.73 Å². The topological polar surface area (TPSA) is 34.2 Å². The molecule has 1 aromatic rings. The molecule has 2 heterocycles. The van der Waals surface area contributed by atoms with Crippen molar-refractivity contribution in [2.45, 2.75) is 57.5 Å². The van der Waals surface area contributed by atoms with E-state index in [0.717, 1.165) is 6.42 Å². The number of piperidine rings is 1. The maximum atomic E-state index is 6.22. The van der Waals surface area contributed by atoms with E-state index < -0.39 is 0 Å². The number of rotatable bonds is 3. The van der Waals surface area contributed by atoms with Gasteiger partial charge in [0.25, 0.3) is 0 Å². The summed E-state index contributed by atoms with van der Waals surface area (Å²) < 4.78 is 2.49. The fourth-order valence-corrected chi connectivity index (χ4v) is 3.77. The molecular weight excluding hydrogens is 234 g/mol. The Bertz CT molecular complexity index is 418. The number of fused-ring (bicyclic) bond motifs is 1. The van der Waals surface area contributed by atoms with Gasteiger partial charge >= 0.3 is 0 Å². The van der Waals surface area contributed by atoms with E-state index in [0.29, 0.717) is 6.04 Å². The van der Waals surface area contributed by atoms with Crippen LogP contribution in [0.15, 0.2) is 12.3 Å². The molecule has 3 heteroatoms. The number of nitrogens with zero attached hydrogens (tertiary/aromatic N) is 2. The summed E-state index contributed by atoms with van der Waals surface area (Å²) in [6.45, 7) is 6.12. The van der Waals surface area contributed by atoms with Gasteiger partial charge in [0.15, 0.2) is 0 Å². The average molecular weight is 261 g/mol. The van der Waals surface area contributed by atoms with Gasteiger partial charge in [0.2, 0.25) is 0 Å². The van der Waals surface area contributed by atoms with Crippen molar-refractivity contribution in [1.82, 2.24) is 9.47 Å². The Morgan fingerprint density at radius 2 is 2.05 bits per heavy atom. The van der Waals surface area contributed by atoms with Gasteiger partial charge in [-0.15, -0.1) is 0 Å². The zero-order valence-electron chi connectivity index (χ0n) is 12.1. The molecule has 1 fully saturated rings. The quantitative estimate of drug-likeness (QED) is 0.908. The first kappa shape index (κ1) is 13.2. The third kappa shape index (κ3) is 2.72. The van der Waals surface area contributed by atoms with Gasteiger partial charge in [-0.25, -0.2) is 0 Å². The Labute approximate surface area is 116 Å². The summed E-state index contributed by atoms with van der Waals surface area (Å²) in [4.78, 5) is 2.63. The van der Waals surface area contributed by atoms with Crippen LogP contribution in [-0.4, -0.2) is 29.1 Å². The second-order valence-electron chi connectivity index (χ2n) is 6.33. The zero-order chi connectivity index (χ0) is 13.2. The van der Waals surface area contributed by atoms with Gasteiger partial charge in [-0.1, -0.05) is 6.42 Å². The third-order valence-corrected chi connectivity index (χ3v) is 4.83. The monoisotopic (exact) mass is 261 g/mol. The average Bonchev–Trinajstić information content (AvgIpc) is 2.85. The number of hydrogen-bond acceptors (Lipinski definition) is 2. The van der Waals surface area contributed by atoms with Crippen molar-refractivity contribution in [2.24, 2.45) is 5.73 Å². The molecule has 0 saturated carbocycles. The van der Waals surface area contributed by atoms with Gasteiger partial charge in [0.1, 0.15) is 0 Å². The van der Waals surface area contributed by atoms with Crippen LogP contribution >= 0.6 is 0 Å². The zero-order valence-corrected chi connectivity index (χ0v) is 12.1. The van der Waals surface area contributed by atoms with E-state index in [9.17, 15) is 0 Å². The van der Waals surface area contributed by atoms with Gasteiger partial charge in [-0.05, 0) is 63.7 Å². The molecule has 2 aliphatic rings. The summed E-state index contributed by atoms with van der Waals surface area (Å²) in [5.41, 5.74) is 9.12. The molecule has 19 heavy (non-hydrogen) atoms. The lowest BCUT2D eigenvalue weighted by atomic mass is 9.93. The first-order valence-corrected chi connectivity index (χ1v) is 7.93. The Morgan fingerprint density at radius 3 is 2.84 bits per heavy atom. The molecule has 2 unspecified atom stereocenters. The standard InChI is InChI=1S/C16H27N3/c1-13(12-18-9-3-2-4-10-18)19-11-8-14-15(17)6-5-7-16(14)19/h8,11,13,15H,2-7,9-10,12,17H2,1H3. The van der Waals surface area contributed by atoms with Crippen molar-refractivity contribution < 1.29 is 0 Å². The van der Waals surface area contributed by atoms with Crippen molar-refractivity contribution in [3.63, 3.8) is 0 Å². The molecule has 0 radical (unpaired) electrons. The van der Waals surface area contributed by atoms with Crippen LogP contribution in [0, 0.1) is 0 Å². The molecular formula is C16H27N3. The normalized spacial score (nSPS) is 26.1. The van der Waals surface area contributed by atoms with E-state index in [2.05, 4.69) is 28.7 Å². The number of nitrogens with two attached hydrogens (primary N) is 1. The minimum absolute atomic E-state index is 0.271. The van der Waals surface area contributed by atoms with E-state index in [-0.39, 0.29) is 6.04 Å². The fourth-order valence-electron chi connectivity index (χ4n) is 3.77. The Balaban J connectivity index is 1.71. The van der Waals surface area contributed by atoms with Gasteiger partial charge < -0.3 is 15.2 Å². The minimum Gasteiger partial charge on any atom is -0.347 e. The Morgan fingerprint density at radius 1 is 1.26 bits per heavy atom. The molecule has 1 aliphatic heterocycles. The van der Waals surface area contributed by atoms with Crippen LogP contribution in [0.3, 0.4) is 0 Å². The molecule has 1 aliphatic carbocycles. The fraction of sp³-hybridized carbons (Fsp3) is 0.750. The van der Waals surface area contributed by atoms with E-state index in [1.807, 2.05) is 0 Å². The molecule has 1 saturated heterocycles. The highest BCUT2D eigenvalue weighted by molar-refractivity contribution is 5.28. The maximum Gasteiger partial charge on any atom is 0.0432 e. The van der Waals surface area contributed by atoms with Crippen molar-refractivity contribution >= 4 is 0 Å². The second kappa shape index (κ2) is 5.68. The molecule has 0 aromatic carbocycles. The maximum absolute atomic E-state index is 6.22. The molecule has 0 amide bonds. The second-order valence-corrected chi connectivity index (χ2v) is 6.33. The molecule has 2 atom stereocenters. The van der Waals surface area contributed by atoms with E-state index >= 15 is 0 Å². The van der Waals surface area contributed by atoms with E-state index in [4.69, 9.17) is 5.73 Å². The Kier molecular flexibility index (Phi) is 3.94. The molecule has 3 rings (SSSR count). The summed E-state index contributed by atoms with van der Waals surface area (Å²) in [5, 5.41) is 0. The van der Waals surface area contributed by atoms with Crippen molar-refractivity contribution in [2.75, 3.05) is 19.6 Å². The predicted octanol–water partition coefficient (Wildman–Crippen LogP) is 2.87. The van der Waals surface area contributed by atoms with E-state index in [1.54, 1.807) is 0 Å². The number of hydrogen-bond donors (Lipinski definition) is 1. The lowest BCUT2D eigenvalue weighted by molar-refractivity contribution is 0.200. The molecule has 106 valence electrons. The molecule has 0 bridgehead atoms. The van der Waals surface area contributed by atoms with Crippen LogP contribution in [-0.2, 0) is 6.42 Å². The first-order valence-electron chi connectivity index (χ1n) is 7.93. The largest absolute Gasteiger partial charge is 0.347 e. The predicted molar refractivity (Wildman–Crippen MR) is 79.3 cm³/mol. The van der Waals surface area contributed by atoms with Crippen molar-refractivity contribution in [3.05, 3.63) is 23.5 Å². The Hall–Kier alpha value is -0.800. The van der Waals surface area contributed by atoms with Gasteiger partial charge in [-0.3, -0.25) is 0 Å². The summed E-state index contributed by atoms with van der Waals surface area (Å²) in [6, 6.07) is 3.10. The lowest BCUT2D eigenvalue weighted by Crippen LogP contribution is -2.34. The number of likely N-dealkylation sites (tertiary alicyclic amines) is 1. The SMILES string of the molecule is CC(CN1CCCCC1)n1ccc2c1CCCC2N.